The molecule has 5 aromatic rings. The fraction of sp³-hybridized carbons (Fsp3) is 0.226. The molecule has 0 N–H and O–H groups in total. The van der Waals surface area contributed by atoms with Gasteiger partial charge in [0.15, 0.2) is 5.65 Å². The van der Waals surface area contributed by atoms with Gasteiger partial charge in [-0.3, -0.25) is 4.79 Å². The number of aryl methyl sites for hydroxylation is 1. The number of hydrogen-bond donors (Lipinski definition) is 0. The smallest absolute Gasteiger partial charge is 0.269 e. The van der Waals surface area contributed by atoms with Crippen molar-refractivity contribution in [2.75, 3.05) is 31.2 Å². The zero-order chi connectivity index (χ0) is 29.4. The van der Waals surface area contributed by atoms with Crippen LogP contribution < -0.4 is 10.5 Å². The van der Waals surface area contributed by atoms with E-state index in [1.807, 2.05) is 25.1 Å². The number of fused-ring (bicyclic) bond motifs is 1. The van der Waals surface area contributed by atoms with Crippen LogP contribution in [0.4, 0.5) is 5.69 Å². The monoisotopic (exact) mass is 622 g/mol. The van der Waals surface area contributed by atoms with Crippen LogP contribution in [0.5, 0.6) is 0 Å². The van der Waals surface area contributed by atoms with Crippen molar-refractivity contribution in [1.82, 2.24) is 13.5 Å². The molecule has 6 rings (SSSR count). The molecule has 1 saturated heterocycles. The molecule has 4 heterocycles. The van der Waals surface area contributed by atoms with E-state index in [1.54, 1.807) is 59.6 Å². The number of anilines is 1. The van der Waals surface area contributed by atoms with E-state index in [0.717, 1.165) is 29.8 Å². The van der Waals surface area contributed by atoms with Crippen LogP contribution in [0.3, 0.4) is 0 Å². The largest absolute Gasteiger partial charge is 0.380 e. The first-order valence-electron chi connectivity index (χ1n) is 13.5. The highest BCUT2D eigenvalue weighted by atomic mass is 35.5. The van der Waals surface area contributed by atoms with Gasteiger partial charge in [-0.2, -0.15) is 0 Å². The highest BCUT2D eigenvalue weighted by Gasteiger charge is 2.24. The molecule has 0 aliphatic carbocycles. The minimum Gasteiger partial charge on any atom is -0.380 e. The Labute approximate surface area is 253 Å². The number of halogens is 2. The Morgan fingerprint density at radius 2 is 1.76 bits per heavy atom. The predicted octanol–water partition coefficient (Wildman–Crippen LogP) is 5.99. The summed E-state index contributed by atoms with van der Waals surface area (Å²) in [5, 5.41) is 1.50. The van der Waals surface area contributed by atoms with Gasteiger partial charge in [0, 0.05) is 49.1 Å². The highest BCUT2D eigenvalue weighted by Crippen LogP contribution is 2.34. The fourth-order valence-corrected chi connectivity index (χ4v) is 6.77. The molecule has 11 heteroatoms. The predicted molar refractivity (Wildman–Crippen MR) is 166 cm³/mol. The Balaban J connectivity index is 1.46. The van der Waals surface area contributed by atoms with Crippen molar-refractivity contribution in [3.63, 3.8) is 0 Å². The molecule has 42 heavy (non-hydrogen) atoms. The summed E-state index contributed by atoms with van der Waals surface area (Å²) < 4.78 is 36.0. The average Bonchev–Trinajstić information content (AvgIpc) is 3.15. The number of ether oxygens (including phenoxy) is 1. The molecule has 1 aliphatic heterocycles. The topological polar surface area (TPSA) is 86.4 Å². The lowest BCUT2D eigenvalue weighted by Gasteiger charge is -2.21. The molecular formula is C31H28Cl2N4O4S. The zero-order valence-electron chi connectivity index (χ0n) is 22.8. The van der Waals surface area contributed by atoms with Gasteiger partial charge in [0.2, 0.25) is 0 Å². The molecule has 0 amide bonds. The molecular weight excluding hydrogens is 595 g/mol. The van der Waals surface area contributed by atoms with E-state index in [1.165, 1.54) is 10.0 Å². The summed E-state index contributed by atoms with van der Waals surface area (Å²) in [6.07, 6.45) is 5.83. The summed E-state index contributed by atoms with van der Waals surface area (Å²) in [7, 11) is -3.97. The standard InChI is InChI=1S/C31H28Cl2N4O4S/c1-21-3-6-25(7-4-21)42(39,40)37-20-27(26-17-24(18-34-31(26)37)35-10-2-13-41-14-12-35)23-9-11-36(30(38)16-23)19-22-5-8-28(32)29(33)15-22/h3-9,11,15-18,20H,2,10,12-14,19H2,1H3. The minimum absolute atomic E-state index is 0.157. The van der Waals surface area contributed by atoms with Gasteiger partial charge >= 0.3 is 0 Å². The van der Waals surface area contributed by atoms with Gasteiger partial charge in [0.1, 0.15) is 0 Å². The van der Waals surface area contributed by atoms with Crippen molar-refractivity contribution in [2.24, 2.45) is 0 Å². The lowest BCUT2D eigenvalue weighted by atomic mass is 10.1. The van der Waals surface area contributed by atoms with Crippen molar-refractivity contribution in [3.8, 4) is 11.1 Å². The van der Waals surface area contributed by atoms with Crippen molar-refractivity contribution in [1.29, 1.82) is 0 Å². The molecule has 0 radical (unpaired) electrons. The summed E-state index contributed by atoms with van der Waals surface area (Å²) >= 11 is 12.2. The minimum atomic E-state index is -3.97. The molecule has 0 bridgehead atoms. The lowest BCUT2D eigenvalue weighted by molar-refractivity contribution is 0.152. The van der Waals surface area contributed by atoms with E-state index < -0.39 is 10.0 Å². The third kappa shape index (κ3) is 5.57. The van der Waals surface area contributed by atoms with E-state index >= 15 is 0 Å². The third-order valence-corrected chi connectivity index (χ3v) is 9.81. The normalized spacial score (nSPS) is 14.3. The van der Waals surface area contributed by atoms with Gasteiger partial charge in [-0.05, 0) is 60.9 Å². The maximum absolute atomic E-state index is 13.8. The Hall–Kier alpha value is -3.63. The van der Waals surface area contributed by atoms with Crippen molar-refractivity contribution in [2.45, 2.75) is 24.8 Å². The zero-order valence-corrected chi connectivity index (χ0v) is 25.2. The maximum atomic E-state index is 13.8. The number of pyridine rings is 2. The second-order valence-corrected chi connectivity index (χ2v) is 12.9. The molecule has 1 aliphatic rings. The number of benzene rings is 2. The SMILES string of the molecule is Cc1ccc(S(=O)(=O)n2cc(-c3ccn(Cc4ccc(Cl)c(Cl)c4)c(=O)c3)c3cc(N4CCCOCC4)cnc32)cc1. The van der Waals surface area contributed by atoms with Crippen LogP contribution >= 0.6 is 23.2 Å². The van der Waals surface area contributed by atoms with Crippen molar-refractivity contribution >= 4 is 49.9 Å². The maximum Gasteiger partial charge on any atom is 0.269 e. The first kappa shape index (κ1) is 28.5. The fourth-order valence-electron chi connectivity index (χ4n) is 5.12. The molecule has 3 aromatic heterocycles. The summed E-state index contributed by atoms with van der Waals surface area (Å²) in [6, 6.07) is 17.2. The molecule has 0 saturated carbocycles. The first-order valence-corrected chi connectivity index (χ1v) is 15.7. The highest BCUT2D eigenvalue weighted by molar-refractivity contribution is 7.90. The Morgan fingerprint density at radius 1 is 0.952 bits per heavy atom. The van der Waals surface area contributed by atoms with Gasteiger partial charge in [0.25, 0.3) is 15.6 Å². The molecule has 0 spiro atoms. The molecule has 2 aromatic carbocycles. The van der Waals surface area contributed by atoms with E-state index in [2.05, 4.69) is 9.88 Å². The average molecular weight is 624 g/mol. The summed E-state index contributed by atoms with van der Waals surface area (Å²) in [6.45, 7) is 5.01. The van der Waals surface area contributed by atoms with Crippen LogP contribution in [0, 0.1) is 6.92 Å². The summed E-state index contributed by atoms with van der Waals surface area (Å²) in [5.74, 6) is 0. The summed E-state index contributed by atoms with van der Waals surface area (Å²) in [4.78, 5) is 20.2. The second kappa shape index (κ2) is 11.6. The van der Waals surface area contributed by atoms with E-state index in [4.69, 9.17) is 27.9 Å². The Bertz CT molecular complexity index is 1940. The van der Waals surface area contributed by atoms with Crippen molar-refractivity contribution in [3.05, 3.63) is 111 Å². The van der Waals surface area contributed by atoms with Gasteiger partial charge in [-0.25, -0.2) is 17.4 Å². The van der Waals surface area contributed by atoms with E-state index in [0.29, 0.717) is 58.5 Å². The molecule has 1 fully saturated rings. The Kier molecular flexibility index (Phi) is 7.85. The van der Waals surface area contributed by atoms with Gasteiger partial charge in [0.05, 0.1) is 40.0 Å². The summed E-state index contributed by atoms with van der Waals surface area (Å²) in [5.41, 5.74) is 3.89. The number of aromatic nitrogens is 3. The number of nitrogens with zero attached hydrogens (tertiary/aromatic N) is 4. The number of hydrogen-bond acceptors (Lipinski definition) is 6. The molecule has 8 nitrogen and oxygen atoms in total. The van der Waals surface area contributed by atoms with Crippen LogP contribution in [0.25, 0.3) is 22.2 Å². The van der Waals surface area contributed by atoms with Crippen LogP contribution in [0.2, 0.25) is 10.0 Å². The third-order valence-electron chi connectivity index (χ3n) is 7.41. The second-order valence-electron chi connectivity index (χ2n) is 10.3. The first-order chi connectivity index (χ1) is 20.2. The molecule has 216 valence electrons. The van der Waals surface area contributed by atoms with Gasteiger partial charge in [-0.1, -0.05) is 47.0 Å². The van der Waals surface area contributed by atoms with Gasteiger partial charge < -0.3 is 14.2 Å². The van der Waals surface area contributed by atoms with Crippen LogP contribution in [-0.4, -0.2) is 48.2 Å². The number of rotatable bonds is 6. The van der Waals surface area contributed by atoms with E-state index in [9.17, 15) is 13.2 Å². The van der Waals surface area contributed by atoms with Crippen LogP contribution in [0.15, 0.2) is 88.9 Å². The van der Waals surface area contributed by atoms with Crippen LogP contribution in [-0.2, 0) is 21.3 Å². The lowest BCUT2D eigenvalue weighted by Crippen LogP contribution is -2.25. The van der Waals surface area contributed by atoms with Crippen LogP contribution in [0.1, 0.15) is 17.5 Å². The molecule has 0 unspecified atom stereocenters. The van der Waals surface area contributed by atoms with E-state index in [-0.39, 0.29) is 10.5 Å². The Morgan fingerprint density at radius 3 is 2.52 bits per heavy atom. The molecule has 0 atom stereocenters. The van der Waals surface area contributed by atoms with Crippen molar-refractivity contribution < 1.29 is 13.2 Å². The van der Waals surface area contributed by atoms with Gasteiger partial charge in [-0.15, -0.1) is 0 Å². The quantitative estimate of drug-likeness (QED) is 0.231.